The fourth-order valence-corrected chi connectivity index (χ4v) is 3.99. The number of carbonyl (C=O) groups excluding carboxylic acids is 1. The van der Waals surface area contributed by atoms with Crippen LogP contribution in [-0.2, 0) is 11.3 Å². The predicted molar refractivity (Wildman–Crippen MR) is 78.5 cm³/mol. The summed E-state index contributed by atoms with van der Waals surface area (Å²) in [6, 6.07) is 6.64. The molecule has 0 radical (unpaired) electrons. The number of fused-ring (bicyclic) bond motifs is 2. The first-order chi connectivity index (χ1) is 10.1. The summed E-state index contributed by atoms with van der Waals surface area (Å²) in [6.45, 7) is 0.309. The number of carbonyl (C=O) groups is 1. The Morgan fingerprint density at radius 3 is 2.71 bits per heavy atom. The first-order valence-corrected chi connectivity index (χ1v) is 7.53. The van der Waals surface area contributed by atoms with Gasteiger partial charge in [0.05, 0.1) is 11.5 Å². The third kappa shape index (κ3) is 2.64. The molecule has 1 aromatic rings. The highest BCUT2D eigenvalue weighted by molar-refractivity contribution is 5.79. The van der Waals surface area contributed by atoms with Crippen molar-refractivity contribution in [2.24, 2.45) is 17.8 Å². The molecule has 1 aromatic carbocycles. The molecule has 3 atom stereocenters. The Kier molecular flexibility index (Phi) is 3.66. The normalized spacial score (nSPS) is 26.8. The molecule has 0 saturated heterocycles. The van der Waals surface area contributed by atoms with E-state index in [2.05, 4.69) is 0 Å². The summed E-state index contributed by atoms with van der Waals surface area (Å²) in [5, 5.41) is 11.0. The van der Waals surface area contributed by atoms with Gasteiger partial charge < -0.3 is 4.90 Å². The standard InChI is InChI=1S/C16H20N2O3/c1-17(10-13-4-2-3-5-15(13)18(20)21)16(19)14-9-11-6-7-12(14)8-11/h2-5,11-12,14H,6-10H2,1H3. The van der Waals surface area contributed by atoms with Crippen LogP contribution in [-0.4, -0.2) is 22.8 Å². The van der Waals surface area contributed by atoms with Crippen molar-refractivity contribution in [3.05, 3.63) is 39.9 Å². The second kappa shape index (κ2) is 5.47. The van der Waals surface area contributed by atoms with Gasteiger partial charge in [0.25, 0.3) is 5.69 Å². The van der Waals surface area contributed by atoms with E-state index < -0.39 is 0 Å². The molecule has 5 nitrogen and oxygen atoms in total. The molecule has 2 aliphatic rings. The third-order valence-corrected chi connectivity index (χ3v) is 5.03. The number of amides is 1. The zero-order chi connectivity index (χ0) is 15.0. The van der Waals surface area contributed by atoms with E-state index in [1.54, 1.807) is 30.1 Å². The van der Waals surface area contributed by atoms with Crippen molar-refractivity contribution in [2.45, 2.75) is 32.2 Å². The number of nitrogens with zero attached hydrogens (tertiary/aromatic N) is 2. The zero-order valence-corrected chi connectivity index (χ0v) is 12.2. The Balaban J connectivity index is 1.70. The van der Waals surface area contributed by atoms with Gasteiger partial charge in [0.2, 0.25) is 5.91 Å². The van der Waals surface area contributed by atoms with Gasteiger partial charge in [-0.1, -0.05) is 24.6 Å². The van der Waals surface area contributed by atoms with Crippen LogP contribution in [0.5, 0.6) is 0 Å². The van der Waals surface area contributed by atoms with Crippen LogP contribution in [0.3, 0.4) is 0 Å². The maximum absolute atomic E-state index is 12.6. The molecule has 2 aliphatic carbocycles. The van der Waals surface area contributed by atoms with Crippen molar-refractivity contribution in [1.82, 2.24) is 4.90 Å². The lowest BCUT2D eigenvalue weighted by atomic mass is 9.88. The van der Waals surface area contributed by atoms with Gasteiger partial charge in [-0.2, -0.15) is 0 Å². The number of rotatable bonds is 4. The van der Waals surface area contributed by atoms with Crippen LogP contribution in [0.1, 0.15) is 31.2 Å². The molecule has 112 valence electrons. The summed E-state index contributed by atoms with van der Waals surface area (Å²) in [6.07, 6.45) is 4.63. The Hall–Kier alpha value is -1.91. The summed E-state index contributed by atoms with van der Waals surface area (Å²) in [4.78, 5) is 24.9. The number of hydrogen-bond acceptors (Lipinski definition) is 3. The largest absolute Gasteiger partial charge is 0.341 e. The summed E-state index contributed by atoms with van der Waals surface area (Å²) < 4.78 is 0. The third-order valence-electron chi connectivity index (χ3n) is 5.03. The fraction of sp³-hybridized carbons (Fsp3) is 0.562. The van der Waals surface area contributed by atoms with Crippen LogP contribution in [0, 0.1) is 27.9 Å². The van der Waals surface area contributed by atoms with Crippen molar-refractivity contribution < 1.29 is 9.72 Å². The Morgan fingerprint density at radius 1 is 1.33 bits per heavy atom. The molecule has 1 amide bonds. The van der Waals surface area contributed by atoms with E-state index in [1.165, 1.54) is 25.3 Å². The second-order valence-electron chi connectivity index (χ2n) is 6.36. The first kappa shape index (κ1) is 14.0. The molecule has 0 aromatic heterocycles. The predicted octanol–water partition coefficient (Wildman–Crippen LogP) is 2.99. The van der Waals surface area contributed by atoms with Crippen LogP contribution in [0.15, 0.2) is 24.3 Å². The van der Waals surface area contributed by atoms with E-state index >= 15 is 0 Å². The molecular formula is C16H20N2O3. The first-order valence-electron chi connectivity index (χ1n) is 7.53. The summed E-state index contributed by atoms with van der Waals surface area (Å²) in [7, 11) is 1.76. The van der Waals surface area contributed by atoms with Crippen LogP contribution in [0.2, 0.25) is 0 Å². The van der Waals surface area contributed by atoms with E-state index in [-0.39, 0.29) is 22.4 Å². The number of para-hydroxylation sites is 1. The summed E-state index contributed by atoms with van der Waals surface area (Å²) in [5.74, 6) is 1.55. The lowest BCUT2D eigenvalue weighted by Crippen LogP contribution is -2.35. The lowest BCUT2D eigenvalue weighted by Gasteiger charge is -2.26. The van der Waals surface area contributed by atoms with Crippen molar-refractivity contribution in [3.63, 3.8) is 0 Å². The molecule has 5 heteroatoms. The molecule has 21 heavy (non-hydrogen) atoms. The number of nitro groups is 1. The molecule has 2 bridgehead atoms. The number of nitro benzene ring substituents is 1. The van der Waals surface area contributed by atoms with Crippen molar-refractivity contribution in [3.8, 4) is 0 Å². The molecule has 3 rings (SSSR count). The van der Waals surface area contributed by atoms with E-state index in [0.717, 1.165) is 12.3 Å². The van der Waals surface area contributed by atoms with Gasteiger partial charge in [-0.15, -0.1) is 0 Å². The highest BCUT2D eigenvalue weighted by Gasteiger charge is 2.43. The van der Waals surface area contributed by atoms with Crippen LogP contribution < -0.4 is 0 Å². The Labute approximate surface area is 124 Å². The molecule has 0 aliphatic heterocycles. The minimum atomic E-state index is -0.384. The van der Waals surface area contributed by atoms with E-state index in [0.29, 0.717) is 18.0 Å². The molecule has 2 fully saturated rings. The van der Waals surface area contributed by atoms with Crippen LogP contribution in [0.4, 0.5) is 5.69 Å². The van der Waals surface area contributed by atoms with Gasteiger partial charge in [-0.3, -0.25) is 14.9 Å². The minimum Gasteiger partial charge on any atom is -0.341 e. The van der Waals surface area contributed by atoms with Gasteiger partial charge in [-0.25, -0.2) is 0 Å². The van der Waals surface area contributed by atoms with Crippen LogP contribution >= 0.6 is 0 Å². The van der Waals surface area contributed by atoms with Crippen molar-refractivity contribution >= 4 is 11.6 Å². The molecular weight excluding hydrogens is 268 g/mol. The van der Waals surface area contributed by atoms with Crippen molar-refractivity contribution in [1.29, 1.82) is 0 Å². The van der Waals surface area contributed by atoms with Gasteiger partial charge in [0.15, 0.2) is 0 Å². The smallest absolute Gasteiger partial charge is 0.274 e. The molecule has 2 saturated carbocycles. The maximum atomic E-state index is 12.6. The highest BCUT2D eigenvalue weighted by Crippen LogP contribution is 2.48. The molecule has 0 heterocycles. The molecule has 0 spiro atoms. The second-order valence-corrected chi connectivity index (χ2v) is 6.36. The van der Waals surface area contributed by atoms with Gasteiger partial charge >= 0.3 is 0 Å². The average molecular weight is 288 g/mol. The summed E-state index contributed by atoms with van der Waals surface area (Å²) in [5.41, 5.74) is 0.687. The Bertz CT molecular complexity index is 572. The van der Waals surface area contributed by atoms with Gasteiger partial charge in [0.1, 0.15) is 0 Å². The minimum absolute atomic E-state index is 0.0880. The van der Waals surface area contributed by atoms with E-state index in [1.807, 2.05) is 0 Å². The monoisotopic (exact) mass is 288 g/mol. The highest BCUT2D eigenvalue weighted by atomic mass is 16.6. The Morgan fingerprint density at radius 2 is 2.10 bits per heavy atom. The topological polar surface area (TPSA) is 63.4 Å². The molecule has 0 N–H and O–H groups in total. The fourth-order valence-electron chi connectivity index (χ4n) is 3.99. The van der Waals surface area contributed by atoms with Crippen molar-refractivity contribution in [2.75, 3.05) is 7.05 Å². The lowest BCUT2D eigenvalue weighted by molar-refractivity contribution is -0.385. The zero-order valence-electron chi connectivity index (χ0n) is 12.2. The molecule has 3 unspecified atom stereocenters. The van der Waals surface area contributed by atoms with Gasteiger partial charge in [0, 0.05) is 24.6 Å². The van der Waals surface area contributed by atoms with Gasteiger partial charge in [-0.05, 0) is 31.1 Å². The SMILES string of the molecule is CN(Cc1ccccc1[N+](=O)[O-])C(=O)C1CC2CCC1C2. The average Bonchev–Trinajstić information content (AvgIpc) is 3.09. The summed E-state index contributed by atoms with van der Waals surface area (Å²) >= 11 is 0. The maximum Gasteiger partial charge on any atom is 0.274 e. The van der Waals surface area contributed by atoms with Crippen LogP contribution in [0.25, 0.3) is 0 Å². The number of benzene rings is 1. The van der Waals surface area contributed by atoms with E-state index in [4.69, 9.17) is 0 Å². The van der Waals surface area contributed by atoms with E-state index in [9.17, 15) is 14.9 Å². The number of hydrogen-bond donors (Lipinski definition) is 0. The quantitative estimate of drug-likeness (QED) is 0.632.